The smallest absolute Gasteiger partial charge is 0.369 e. The van der Waals surface area contributed by atoms with Crippen LogP contribution in [-0.2, 0) is 4.74 Å². The summed E-state index contributed by atoms with van der Waals surface area (Å²) in [6, 6.07) is 0. The predicted octanol–water partition coefficient (Wildman–Crippen LogP) is 3.31. The topological polar surface area (TPSA) is 61.3 Å². The maximum absolute atomic E-state index is 11.5. The van der Waals surface area contributed by atoms with E-state index in [0.717, 1.165) is 24.2 Å². The highest BCUT2D eigenvalue weighted by molar-refractivity contribution is 7.14. The van der Waals surface area contributed by atoms with Gasteiger partial charge in [-0.2, -0.15) is 0 Å². The first kappa shape index (κ1) is 15.2. The van der Waals surface area contributed by atoms with Crippen LogP contribution < -0.4 is 4.74 Å². The summed E-state index contributed by atoms with van der Waals surface area (Å²) < 4.78 is 10.8. The molecule has 1 fully saturated rings. The zero-order valence-corrected chi connectivity index (χ0v) is 13.3. The standard InChI is InChI=1S/C14H22N2O3S/c1-5-18-12(17)11-15-16-13(20-11)19-10-6-9(2)7-14(3,4)8-10/h9-10H,5-8H2,1-4H3. The Balaban J connectivity index is 1.98. The molecule has 2 unspecified atom stereocenters. The van der Waals surface area contributed by atoms with Gasteiger partial charge in [0, 0.05) is 0 Å². The van der Waals surface area contributed by atoms with E-state index in [-0.39, 0.29) is 16.5 Å². The van der Waals surface area contributed by atoms with Crippen molar-refractivity contribution in [3.63, 3.8) is 0 Å². The van der Waals surface area contributed by atoms with Gasteiger partial charge in [0.2, 0.25) is 5.01 Å². The molecule has 1 aromatic heterocycles. The van der Waals surface area contributed by atoms with Gasteiger partial charge in [0.25, 0.3) is 5.19 Å². The molecule has 1 aromatic rings. The Morgan fingerprint density at radius 2 is 2.15 bits per heavy atom. The van der Waals surface area contributed by atoms with Gasteiger partial charge in [-0.15, -0.1) is 5.10 Å². The average Bonchev–Trinajstić information content (AvgIpc) is 2.75. The van der Waals surface area contributed by atoms with Gasteiger partial charge in [-0.1, -0.05) is 25.9 Å². The van der Waals surface area contributed by atoms with Gasteiger partial charge in [-0.3, -0.25) is 0 Å². The van der Waals surface area contributed by atoms with Crippen LogP contribution in [0, 0.1) is 11.3 Å². The Hall–Kier alpha value is -1.17. The van der Waals surface area contributed by atoms with Crippen LogP contribution in [0.25, 0.3) is 0 Å². The number of carbonyl (C=O) groups is 1. The molecule has 1 saturated carbocycles. The molecule has 0 bridgehead atoms. The van der Waals surface area contributed by atoms with Crippen molar-refractivity contribution in [3.05, 3.63) is 5.01 Å². The Morgan fingerprint density at radius 3 is 2.80 bits per heavy atom. The number of rotatable bonds is 4. The van der Waals surface area contributed by atoms with Crippen LogP contribution in [0.1, 0.15) is 56.8 Å². The van der Waals surface area contributed by atoms with E-state index in [2.05, 4.69) is 31.0 Å². The zero-order valence-electron chi connectivity index (χ0n) is 12.5. The van der Waals surface area contributed by atoms with Crippen molar-refractivity contribution in [2.24, 2.45) is 11.3 Å². The van der Waals surface area contributed by atoms with Crippen molar-refractivity contribution in [2.45, 2.75) is 53.1 Å². The molecule has 2 atom stereocenters. The molecule has 112 valence electrons. The molecule has 0 saturated heterocycles. The minimum Gasteiger partial charge on any atom is -0.466 e. The maximum Gasteiger partial charge on any atom is 0.369 e. The summed E-state index contributed by atoms with van der Waals surface area (Å²) in [5, 5.41) is 8.47. The van der Waals surface area contributed by atoms with E-state index in [1.165, 1.54) is 6.42 Å². The SMILES string of the molecule is CCOC(=O)c1nnc(OC2CC(C)CC(C)(C)C2)s1. The highest BCUT2D eigenvalue weighted by atomic mass is 32.1. The van der Waals surface area contributed by atoms with Gasteiger partial charge in [-0.05, 0) is 48.9 Å². The fourth-order valence-corrected chi connectivity index (χ4v) is 3.68. The van der Waals surface area contributed by atoms with Crippen molar-refractivity contribution >= 4 is 17.3 Å². The summed E-state index contributed by atoms with van der Waals surface area (Å²) in [6.45, 7) is 8.89. The fraction of sp³-hybridized carbons (Fsp3) is 0.786. The maximum atomic E-state index is 11.5. The van der Waals surface area contributed by atoms with E-state index in [1.54, 1.807) is 6.92 Å². The predicted molar refractivity (Wildman–Crippen MR) is 77.1 cm³/mol. The molecule has 1 aliphatic rings. The molecule has 5 nitrogen and oxygen atoms in total. The van der Waals surface area contributed by atoms with Gasteiger partial charge in [0.15, 0.2) is 0 Å². The quantitative estimate of drug-likeness (QED) is 0.798. The fourth-order valence-electron chi connectivity index (χ4n) is 3.02. The summed E-state index contributed by atoms with van der Waals surface area (Å²) in [6.07, 6.45) is 3.40. The molecular formula is C14H22N2O3S. The van der Waals surface area contributed by atoms with E-state index < -0.39 is 5.97 Å². The van der Waals surface area contributed by atoms with Crippen LogP contribution in [-0.4, -0.2) is 28.9 Å². The summed E-state index contributed by atoms with van der Waals surface area (Å²) in [5.74, 6) is 0.207. The van der Waals surface area contributed by atoms with E-state index in [1.807, 2.05) is 0 Å². The molecule has 1 heterocycles. The molecule has 2 rings (SSSR count). The highest BCUT2D eigenvalue weighted by Gasteiger charge is 2.33. The lowest BCUT2D eigenvalue weighted by atomic mass is 9.71. The minimum atomic E-state index is -0.433. The minimum absolute atomic E-state index is 0.150. The van der Waals surface area contributed by atoms with E-state index >= 15 is 0 Å². The molecule has 0 aliphatic heterocycles. The Bertz CT molecular complexity index is 473. The number of nitrogens with zero attached hydrogens (tertiary/aromatic N) is 2. The lowest BCUT2D eigenvalue weighted by molar-refractivity contribution is 0.0525. The highest BCUT2D eigenvalue weighted by Crippen LogP contribution is 2.40. The molecule has 6 heteroatoms. The van der Waals surface area contributed by atoms with E-state index in [4.69, 9.17) is 9.47 Å². The summed E-state index contributed by atoms with van der Waals surface area (Å²) in [5.41, 5.74) is 0.289. The van der Waals surface area contributed by atoms with Crippen molar-refractivity contribution in [2.75, 3.05) is 6.61 Å². The zero-order chi connectivity index (χ0) is 14.8. The van der Waals surface area contributed by atoms with Crippen molar-refractivity contribution in [1.82, 2.24) is 10.2 Å². The Kier molecular flexibility index (Phi) is 4.62. The molecule has 0 aromatic carbocycles. The monoisotopic (exact) mass is 298 g/mol. The molecular weight excluding hydrogens is 276 g/mol. The molecule has 20 heavy (non-hydrogen) atoms. The van der Waals surface area contributed by atoms with E-state index in [0.29, 0.717) is 17.7 Å². The number of hydrogen-bond acceptors (Lipinski definition) is 6. The van der Waals surface area contributed by atoms with Crippen LogP contribution in [0.4, 0.5) is 0 Å². The van der Waals surface area contributed by atoms with Crippen LogP contribution in [0.5, 0.6) is 5.19 Å². The van der Waals surface area contributed by atoms with Crippen LogP contribution in [0.2, 0.25) is 0 Å². The lowest BCUT2D eigenvalue weighted by Gasteiger charge is -2.38. The van der Waals surface area contributed by atoms with E-state index in [9.17, 15) is 4.79 Å². The third kappa shape index (κ3) is 3.91. The average molecular weight is 298 g/mol. The molecule has 0 spiro atoms. The van der Waals surface area contributed by atoms with Crippen molar-refractivity contribution in [1.29, 1.82) is 0 Å². The van der Waals surface area contributed by atoms with Crippen LogP contribution in [0.3, 0.4) is 0 Å². The largest absolute Gasteiger partial charge is 0.466 e. The van der Waals surface area contributed by atoms with Gasteiger partial charge in [0.05, 0.1) is 6.61 Å². The molecule has 0 amide bonds. The van der Waals surface area contributed by atoms with Crippen LogP contribution in [0.15, 0.2) is 0 Å². The number of esters is 1. The summed E-state index contributed by atoms with van der Waals surface area (Å²) >= 11 is 1.16. The second kappa shape index (κ2) is 6.08. The third-order valence-corrected chi connectivity index (χ3v) is 4.26. The van der Waals surface area contributed by atoms with Gasteiger partial charge < -0.3 is 9.47 Å². The molecule has 0 radical (unpaired) electrons. The van der Waals surface area contributed by atoms with Crippen LogP contribution >= 0.6 is 11.3 Å². The summed E-state index contributed by atoms with van der Waals surface area (Å²) in [4.78, 5) is 11.5. The molecule has 1 aliphatic carbocycles. The first-order chi connectivity index (χ1) is 9.39. The number of carbonyl (C=O) groups excluding carboxylic acids is 1. The molecule has 0 N–H and O–H groups in total. The van der Waals surface area contributed by atoms with Gasteiger partial charge in [0.1, 0.15) is 6.10 Å². The lowest BCUT2D eigenvalue weighted by Crippen LogP contribution is -2.34. The summed E-state index contributed by atoms with van der Waals surface area (Å²) in [7, 11) is 0. The first-order valence-electron chi connectivity index (χ1n) is 7.07. The van der Waals surface area contributed by atoms with Crippen molar-refractivity contribution < 1.29 is 14.3 Å². The normalized spacial score (nSPS) is 25.2. The van der Waals surface area contributed by atoms with Crippen molar-refractivity contribution in [3.8, 4) is 5.19 Å². The number of ether oxygens (including phenoxy) is 2. The Labute approximate surface area is 123 Å². The van der Waals surface area contributed by atoms with Gasteiger partial charge in [-0.25, -0.2) is 4.79 Å². The van der Waals surface area contributed by atoms with Gasteiger partial charge >= 0.3 is 5.97 Å². The Morgan fingerprint density at radius 1 is 1.40 bits per heavy atom. The second-order valence-electron chi connectivity index (χ2n) is 6.25. The number of hydrogen-bond donors (Lipinski definition) is 0. The number of aromatic nitrogens is 2. The third-order valence-electron chi connectivity index (χ3n) is 3.47. The first-order valence-corrected chi connectivity index (χ1v) is 7.88. The second-order valence-corrected chi connectivity index (χ2v) is 7.19.